The van der Waals surface area contributed by atoms with Crippen molar-refractivity contribution in [1.82, 2.24) is 8.87 Å². The number of nitrogens with zero attached hydrogens (tertiary/aromatic N) is 3. The standard InChI is InChI=1S/C23H26FN3O4S2/c1-16-3-8-20-21(15-16)32-23(27(20)13-14-31-2)25-22(28)17-9-11-26(12-10-17)33(29,30)19-6-4-18(24)5-7-19/h3-8,15,17H,9-14H2,1-2H3. The highest BCUT2D eigenvalue weighted by Crippen LogP contribution is 2.25. The molecule has 1 amide bonds. The Hall–Kier alpha value is -2.40. The summed E-state index contributed by atoms with van der Waals surface area (Å²) in [6, 6.07) is 10.9. The van der Waals surface area contributed by atoms with Crippen LogP contribution in [0.2, 0.25) is 0 Å². The first-order chi connectivity index (χ1) is 15.8. The van der Waals surface area contributed by atoms with Crippen LogP contribution in [0.4, 0.5) is 4.39 Å². The summed E-state index contributed by atoms with van der Waals surface area (Å²) in [5.41, 5.74) is 2.14. The number of sulfonamides is 1. The van der Waals surface area contributed by atoms with E-state index in [1.807, 2.05) is 23.6 Å². The van der Waals surface area contributed by atoms with Gasteiger partial charge in [-0.1, -0.05) is 17.4 Å². The minimum Gasteiger partial charge on any atom is -0.383 e. The van der Waals surface area contributed by atoms with Crippen molar-refractivity contribution >= 4 is 37.5 Å². The molecule has 0 saturated carbocycles. The van der Waals surface area contributed by atoms with Crippen LogP contribution >= 0.6 is 11.3 Å². The fourth-order valence-corrected chi connectivity index (χ4v) is 6.58. The Kier molecular flexibility index (Phi) is 7.08. The minimum atomic E-state index is -3.72. The molecule has 10 heteroatoms. The molecule has 0 N–H and O–H groups in total. The normalized spacial score (nSPS) is 16.5. The summed E-state index contributed by atoms with van der Waals surface area (Å²) in [4.78, 5) is 18.1. The number of benzene rings is 2. The molecule has 4 rings (SSSR count). The molecule has 176 valence electrons. The number of halogens is 1. The van der Waals surface area contributed by atoms with Gasteiger partial charge in [-0.2, -0.15) is 9.30 Å². The van der Waals surface area contributed by atoms with Gasteiger partial charge < -0.3 is 9.30 Å². The summed E-state index contributed by atoms with van der Waals surface area (Å²) in [6.07, 6.45) is 0.787. The van der Waals surface area contributed by atoms with Crippen molar-refractivity contribution < 1.29 is 22.3 Å². The number of hydrogen-bond acceptors (Lipinski definition) is 5. The molecular weight excluding hydrogens is 465 g/mol. The summed E-state index contributed by atoms with van der Waals surface area (Å²) in [5.74, 6) is -1.06. The monoisotopic (exact) mass is 491 g/mol. The summed E-state index contributed by atoms with van der Waals surface area (Å²) in [5, 5.41) is 0. The number of thiazole rings is 1. The largest absolute Gasteiger partial charge is 0.383 e. The maximum Gasteiger partial charge on any atom is 0.251 e. The topological polar surface area (TPSA) is 81.0 Å². The van der Waals surface area contributed by atoms with Crippen LogP contribution in [-0.4, -0.2) is 50.0 Å². The van der Waals surface area contributed by atoms with Crippen LogP contribution in [0.3, 0.4) is 0 Å². The van der Waals surface area contributed by atoms with Crippen molar-refractivity contribution in [2.45, 2.75) is 31.2 Å². The van der Waals surface area contributed by atoms with Crippen LogP contribution in [0.5, 0.6) is 0 Å². The number of carbonyl (C=O) groups is 1. The Labute approximate surface area is 196 Å². The van der Waals surface area contributed by atoms with Gasteiger partial charge in [0.1, 0.15) is 5.82 Å². The molecule has 0 spiro atoms. The molecule has 1 saturated heterocycles. The van der Waals surface area contributed by atoms with Crippen molar-refractivity contribution in [2.24, 2.45) is 10.9 Å². The van der Waals surface area contributed by atoms with E-state index >= 15 is 0 Å². The number of fused-ring (bicyclic) bond motifs is 1. The minimum absolute atomic E-state index is 0.0538. The number of ether oxygens (including phenoxy) is 1. The van der Waals surface area contributed by atoms with E-state index in [1.165, 1.54) is 27.8 Å². The average Bonchev–Trinajstić information content (AvgIpc) is 3.13. The number of rotatable bonds is 6. The van der Waals surface area contributed by atoms with Crippen molar-refractivity contribution in [2.75, 3.05) is 26.8 Å². The van der Waals surface area contributed by atoms with E-state index in [9.17, 15) is 17.6 Å². The summed E-state index contributed by atoms with van der Waals surface area (Å²) in [7, 11) is -2.08. The van der Waals surface area contributed by atoms with E-state index in [1.54, 1.807) is 7.11 Å². The van der Waals surface area contributed by atoms with Gasteiger partial charge in [-0.3, -0.25) is 4.79 Å². The lowest BCUT2D eigenvalue weighted by Gasteiger charge is -2.29. The highest BCUT2D eigenvalue weighted by Gasteiger charge is 2.32. The molecule has 0 radical (unpaired) electrons. The van der Waals surface area contributed by atoms with E-state index in [0.717, 1.165) is 27.9 Å². The fraction of sp³-hybridized carbons (Fsp3) is 0.391. The first kappa shape index (κ1) is 23.7. The predicted octanol–water partition coefficient (Wildman–Crippen LogP) is 3.32. The van der Waals surface area contributed by atoms with Crippen molar-refractivity contribution in [3.63, 3.8) is 0 Å². The molecule has 0 atom stereocenters. The zero-order chi connectivity index (χ0) is 23.6. The second kappa shape index (κ2) is 9.84. The van der Waals surface area contributed by atoms with Crippen LogP contribution in [0.15, 0.2) is 52.4 Å². The molecule has 2 heterocycles. The molecule has 2 aromatic carbocycles. The fourth-order valence-electron chi connectivity index (χ4n) is 3.95. The van der Waals surface area contributed by atoms with Crippen LogP contribution in [0, 0.1) is 18.7 Å². The SMILES string of the molecule is COCCn1c(=NC(=O)C2CCN(S(=O)(=O)c3ccc(F)cc3)CC2)sc2cc(C)ccc21. The van der Waals surface area contributed by atoms with Gasteiger partial charge in [-0.05, 0) is 61.7 Å². The van der Waals surface area contributed by atoms with Gasteiger partial charge in [-0.15, -0.1) is 0 Å². The summed E-state index contributed by atoms with van der Waals surface area (Å²) < 4.78 is 48.4. The first-order valence-corrected chi connectivity index (χ1v) is 13.0. The van der Waals surface area contributed by atoms with E-state index in [-0.39, 0.29) is 29.8 Å². The van der Waals surface area contributed by atoms with Crippen LogP contribution in [0.1, 0.15) is 18.4 Å². The second-order valence-electron chi connectivity index (χ2n) is 8.08. The number of amides is 1. The zero-order valence-electron chi connectivity index (χ0n) is 18.5. The number of aromatic nitrogens is 1. The van der Waals surface area contributed by atoms with E-state index in [2.05, 4.69) is 11.1 Å². The molecular formula is C23H26FN3O4S2. The van der Waals surface area contributed by atoms with E-state index < -0.39 is 15.8 Å². The molecule has 33 heavy (non-hydrogen) atoms. The molecule has 0 aliphatic carbocycles. The number of piperidine rings is 1. The van der Waals surface area contributed by atoms with Crippen molar-refractivity contribution in [1.29, 1.82) is 0 Å². The second-order valence-corrected chi connectivity index (χ2v) is 11.0. The van der Waals surface area contributed by atoms with Gasteiger partial charge in [0.2, 0.25) is 10.0 Å². The van der Waals surface area contributed by atoms with E-state index in [4.69, 9.17) is 4.74 Å². The Balaban J connectivity index is 1.52. The van der Waals surface area contributed by atoms with Crippen LogP contribution < -0.4 is 4.80 Å². The maximum atomic E-state index is 13.2. The highest BCUT2D eigenvalue weighted by molar-refractivity contribution is 7.89. The number of hydrogen-bond donors (Lipinski definition) is 0. The van der Waals surface area contributed by atoms with Gasteiger partial charge in [0.15, 0.2) is 4.80 Å². The van der Waals surface area contributed by atoms with Crippen LogP contribution in [0.25, 0.3) is 10.2 Å². The Morgan fingerprint density at radius 2 is 1.88 bits per heavy atom. The molecule has 7 nitrogen and oxygen atoms in total. The molecule has 1 fully saturated rings. The number of methoxy groups -OCH3 is 1. The zero-order valence-corrected chi connectivity index (χ0v) is 20.2. The lowest BCUT2D eigenvalue weighted by Crippen LogP contribution is -2.40. The predicted molar refractivity (Wildman–Crippen MR) is 125 cm³/mol. The van der Waals surface area contributed by atoms with Gasteiger partial charge in [-0.25, -0.2) is 12.8 Å². The third-order valence-corrected chi connectivity index (χ3v) is 8.77. The summed E-state index contributed by atoms with van der Waals surface area (Å²) >= 11 is 1.47. The smallest absolute Gasteiger partial charge is 0.251 e. The molecule has 3 aromatic rings. The third-order valence-electron chi connectivity index (χ3n) is 5.82. The lowest BCUT2D eigenvalue weighted by molar-refractivity contribution is -0.122. The average molecular weight is 492 g/mol. The number of aryl methyl sites for hydroxylation is 1. The first-order valence-electron chi connectivity index (χ1n) is 10.7. The van der Waals surface area contributed by atoms with Gasteiger partial charge in [0.05, 0.1) is 21.7 Å². The molecule has 1 aliphatic rings. The van der Waals surface area contributed by atoms with Crippen molar-refractivity contribution in [3.8, 4) is 0 Å². The molecule has 1 aromatic heterocycles. The maximum absolute atomic E-state index is 13.2. The van der Waals surface area contributed by atoms with Crippen molar-refractivity contribution in [3.05, 3.63) is 58.6 Å². The molecule has 1 aliphatic heterocycles. The number of carbonyl (C=O) groups excluding carboxylic acids is 1. The Bertz CT molecular complexity index is 1320. The van der Waals surface area contributed by atoms with Gasteiger partial charge >= 0.3 is 0 Å². The van der Waals surface area contributed by atoms with E-state index in [0.29, 0.717) is 30.8 Å². The highest BCUT2D eigenvalue weighted by atomic mass is 32.2. The quantitative estimate of drug-likeness (QED) is 0.530. The molecule has 0 unspecified atom stereocenters. The lowest BCUT2D eigenvalue weighted by atomic mass is 9.98. The van der Waals surface area contributed by atoms with Gasteiger partial charge in [0.25, 0.3) is 5.91 Å². The van der Waals surface area contributed by atoms with Gasteiger partial charge in [0, 0.05) is 32.7 Å². The Morgan fingerprint density at radius 1 is 1.18 bits per heavy atom. The van der Waals surface area contributed by atoms with Crippen LogP contribution in [-0.2, 0) is 26.1 Å². The Morgan fingerprint density at radius 3 is 2.55 bits per heavy atom. The third kappa shape index (κ3) is 5.08. The summed E-state index contributed by atoms with van der Waals surface area (Å²) in [6.45, 7) is 3.55. The molecule has 0 bridgehead atoms.